The Morgan fingerprint density at radius 3 is 2.61 bits per heavy atom. The van der Waals surface area contributed by atoms with Gasteiger partial charge < -0.3 is 10.4 Å². The van der Waals surface area contributed by atoms with Crippen molar-refractivity contribution in [2.24, 2.45) is 0 Å². The average Bonchev–Trinajstić information content (AvgIpc) is 2.58. The van der Waals surface area contributed by atoms with Crippen LogP contribution in [0.1, 0.15) is 25.8 Å². The molecule has 0 aromatic heterocycles. The van der Waals surface area contributed by atoms with E-state index in [0.717, 1.165) is 19.5 Å². The third-order valence-electron chi connectivity index (χ3n) is 4.57. The minimum Gasteiger partial charge on any atom is -0.391 e. The maximum Gasteiger partial charge on any atom is 0.0723 e. The lowest BCUT2D eigenvalue weighted by Gasteiger charge is -2.46. The predicted octanol–water partition coefficient (Wildman–Crippen LogP) is 1.33. The molecule has 1 aromatic rings. The van der Waals surface area contributed by atoms with Crippen LogP contribution in [-0.2, 0) is 5.54 Å². The van der Waals surface area contributed by atoms with Crippen LogP contribution in [0.3, 0.4) is 0 Å². The van der Waals surface area contributed by atoms with E-state index in [9.17, 15) is 5.11 Å². The Hall–Kier alpha value is -0.900. The zero-order chi connectivity index (χ0) is 12.8. The molecule has 2 aliphatic heterocycles. The zero-order valence-electron chi connectivity index (χ0n) is 11.1. The van der Waals surface area contributed by atoms with E-state index in [1.807, 2.05) is 0 Å². The Kier molecular flexibility index (Phi) is 2.93. The molecule has 18 heavy (non-hydrogen) atoms. The SMILES string of the molecule is CC(C)(c1ccccc1)N1[C@H]2CNC[C@@H]1[C@@H](O)C2. The summed E-state index contributed by atoms with van der Waals surface area (Å²) >= 11 is 0. The van der Waals surface area contributed by atoms with E-state index in [-0.39, 0.29) is 17.7 Å². The highest BCUT2D eigenvalue weighted by molar-refractivity contribution is 5.25. The summed E-state index contributed by atoms with van der Waals surface area (Å²) in [7, 11) is 0. The molecule has 0 amide bonds. The number of hydrogen-bond donors (Lipinski definition) is 2. The molecule has 0 aliphatic carbocycles. The van der Waals surface area contributed by atoms with Gasteiger partial charge in [0.25, 0.3) is 0 Å². The van der Waals surface area contributed by atoms with Gasteiger partial charge in [-0.25, -0.2) is 0 Å². The summed E-state index contributed by atoms with van der Waals surface area (Å²) in [5.41, 5.74) is 1.31. The number of rotatable bonds is 2. The van der Waals surface area contributed by atoms with Gasteiger partial charge in [0.2, 0.25) is 0 Å². The lowest BCUT2D eigenvalue weighted by atomic mass is 9.89. The number of hydrogen-bond acceptors (Lipinski definition) is 3. The van der Waals surface area contributed by atoms with Crippen LogP contribution in [-0.4, -0.2) is 41.3 Å². The Labute approximate surface area is 109 Å². The van der Waals surface area contributed by atoms with E-state index in [2.05, 4.69) is 54.4 Å². The van der Waals surface area contributed by atoms with E-state index in [0.29, 0.717) is 6.04 Å². The molecule has 0 unspecified atom stereocenters. The fraction of sp³-hybridized carbons (Fsp3) is 0.600. The molecule has 2 N–H and O–H groups in total. The first-order valence-corrected chi connectivity index (χ1v) is 6.83. The van der Waals surface area contributed by atoms with E-state index < -0.39 is 0 Å². The number of nitrogens with one attached hydrogen (secondary N) is 1. The number of fused-ring (bicyclic) bond motifs is 2. The molecule has 2 bridgehead atoms. The molecule has 2 aliphatic rings. The number of nitrogens with zero attached hydrogens (tertiary/aromatic N) is 1. The molecule has 3 rings (SSSR count). The topological polar surface area (TPSA) is 35.5 Å². The highest BCUT2D eigenvalue weighted by Gasteiger charge is 2.49. The summed E-state index contributed by atoms with van der Waals surface area (Å²) in [4.78, 5) is 2.52. The fourth-order valence-corrected chi connectivity index (χ4v) is 3.69. The maximum atomic E-state index is 10.2. The van der Waals surface area contributed by atoms with Gasteiger partial charge in [0, 0.05) is 30.7 Å². The van der Waals surface area contributed by atoms with E-state index in [4.69, 9.17) is 0 Å². The Balaban J connectivity index is 1.94. The summed E-state index contributed by atoms with van der Waals surface area (Å²) in [6.07, 6.45) is 0.710. The number of piperazine rings is 1. The van der Waals surface area contributed by atoms with Crippen LogP contribution in [0.15, 0.2) is 30.3 Å². The molecule has 0 spiro atoms. The van der Waals surface area contributed by atoms with E-state index in [1.165, 1.54) is 5.56 Å². The van der Waals surface area contributed by atoms with Crippen molar-refractivity contribution >= 4 is 0 Å². The first kappa shape index (κ1) is 12.2. The summed E-state index contributed by atoms with van der Waals surface area (Å²) in [6.45, 7) is 6.43. The highest BCUT2D eigenvalue weighted by Crippen LogP contribution is 2.39. The van der Waals surface area contributed by atoms with Gasteiger partial charge in [-0.15, -0.1) is 0 Å². The molecule has 2 heterocycles. The molecule has 98 valence electrons. The van der Waals surface area contributed by atoms with Crippen LogP contribution in [0, 0.1) is 0 Å². The minimum absolute atomic E-state index is 0.0177. The van der Waals surface area contributed by atoms with Crippen molar-refractivity contribution in [3.05, 3.63) is 35.9 Å². The Bertz CT molecular complexity index is 418. The van der Waals surface area contributed by atoms with Gasteiger partial charge in [-0.2, -0.15) is 0 Å². The first-order valence-electron chi connectivity index (χ1n) is 6.83. The van der Waals surface area contributed by atoms with Gasteiger partial charge >= 0.3 is 0 Å². The molecular formula is C15H22N2O. The van der Waals surface area contributed by atoms with Crippen LogP contribution in [0.2, 0.25) is 0 Å². The number of aliphatic hydroxyl groups excluding tert-OH is 1. The van der Waals surface area contributed by atoms with Crippen molar-refractivity contribution in [1.29, 1.82) is 0 Å². The second kappa shape index (κ2) is 4.34. The lowest BCUT2D eigenvalue weighted by molar-refractivity contribution is 0.0143. The van der Waals surface area contributed by atoms with Gasteiger partial charge in [-0.05, 0) is 25.8 Å². The monoisotopic (exact) mass is 246 g/mol. The summed E-state index contributed by atoms with van der Waals surface area (Å²) < 4.78 is 0. The van der Waals surface area contributed by atoms with Gasteiger partial charge in [0.15, 0.2) is 0 Å². The quantitative estimate of drug-likeness (QED) is 0.826. The predicted molar refractivity (Wildman–Crippen MR) is 72.4 cm³/mol. The van der Waals surface area contributed by atoms with Crippen LogP contribution in [0.25, 0.3) is 0 Å². The third-order valence-corrected chi connectivity index (χ3v) is 4.57. The summed E-state index contributed by atoms with van der Waals surface area (Å²) in [6, 6.07) is 11.3. The summed E-state index contributed by atoms with van der Waals surface area (Å²) in [5, 5.41) is 13.6. The van der Waals surface area contributed by atoms with Crippen LogP contribution in [0.4, 0.5) is 0 Å². The average molecular weight is 246 g/mol. The van der Waals surface area contributed by atoms with Crippen LogP contribution < -0.4 is 5.32 Å². The molecule has 2 fully saturated rings. The molecule has 2 saturated heterocycles. The standard InChI is InChI=1S/C15H22N2O/c1-15(2,11-6-4-3-5-7-11)17-12-8-14(18)13(17)10-16-9-12/h3-7,12-14,16,18H,8-10H2,1-2H3/t12-,13-,14+/m1/s1. The van der Waals surface area contributed by atoms with Crippen LogP contribution in [0.5, 0.6) is 0 Å². The first-order chi connectivity index (χ1) is 8.60. The van der Waals surface area contributed by atoms with Crippen molar-refractivity contribution in [2.75, 3.05) is 13.1 Å². The minimum atomic E-state index is -0.187. The van der Waals surface area contributed by atoms with E-state index >= 15 is 0 Å². The van der Waals surface area contributed by atoms with Crippen molar-refractivity contribution in [3.63, 3.8) is 0 Å². The molecular weight excluding hydrogens is 224 g/mol. The van der Waals surface area contributed by atoms with Crippen molar-refractivity contribution in [1.82, 2.24) is 10.2 Å². The Morgan fingerprint density at radius 2 is 1.94 bits per heavy atom. The third kappa shape index (κ3) is 1.78. The van der Waals surface area contributed by atoms with Crippen molar-refractivity contribution < 1.29 is 5.11 Å². The normalized spacial score (nSPS) is 32.7. The molecule has 3 atom stereocenters. The second-order valence-corrected chi connectivity index (χ2v) is 6.01. The maximum absolute atomic E-state index is 10.2. The molecule has 1 aromatic carbocycles. The second-order valence-electron chi connectivity index (χ2n) is 6.01. The lowest BCUT2D eigenvalue weighted by Crippen LogP contribution is -2.59. The van der Waals surface area contributed by atoms with Gasteiger partial charge in [0.05, 0.1) is 6.10 Å². The highest BCUT2D eigenvalue weighted by atomic mass is 16.3. The largest absolute Gasteiger partial charge is 0.391 e. The van der Waals surface area contributed by atoms with Crippen LogP contribution >= 0.6 is 0 Å². The molecule has 3 heteroatoms. The van der Waals surface area contributed by atoms with E-state index in [1.54, 1.807) is 0 Å². The molecule has 0 saturated carbocycles. The number of aliphatic hydroxyl groups is 1. The number of benzene rings is 1. The molecule has 3 nitrogen and oxygen atoms in total. The van der Waals surface area contributed by atoms with Gasteiger partial charge in [-0.3, -0.25) is 4.90 Å². The fourth-order valence-electron chi connectivity index (χ4n) is 3.69. The zero-order valence-corrected chi connectivity index (χ0v) is 11.1. The van der Waals surface area contributed by atoms with Gasteiger partial charge in [-0.1, -0.05) is 30.3 Å². The summed E-state index contributed by atoms with van der Waals surface area (Å²) in [5.74, 6) is 0. The van der Waals surface area contributed by atoms with Crippen molar-refractivity contribution in [2.45, 2.75) is 44.0 Å². The van der Waals surface area contributed by atoms with Gasteiger partial charge in [0.1, 0.15) is 0 Å². The molecule has 0 radical (unpaired) electrons. The Morgan fingerprint density at radius 1 is 1.22 bits per heavy atom. The smallest absolute Gasteiger partial charge is 0.0723 e. The van der Waals surface area contributed by atoms with Crippen molar-refractivity contribution in [3.8, 4) is 0 Å².